The highest BCUT2D eigenvalue weighted by Gasteiger charge is 2.28. The van der Waals surface area contributed by atoms with Crippen LogP contribution in [0.15, 0.2) is 48.5 Å². The summed E-state index contributed by atoms with van der Waals surface area (Å²) in [4.78, 5) is 52.1. The molecule has 0 bridgehead atoms. The molecule has 0 unspecified atom stereocenters. The van der Waals surface area contributed by atoms with Gasteiger partial charge in [-0.05, 0) is 49.2 Å². The van der Waals surface area contributed by atoms with Crippen molar-refractivity contribution in [2.24, 2.45) is 5.73 Å². The molecule has 9 heteroatoms. The van der Waals surface area contributed by atoms with Gasteiger partial charge in [0.25, 0.3) is 11.8 Å². The van der Waals surface area contributed by atoms with E-state index in [0.717, 1.165) is 0 Å². The molecule has 9 nitrogen and oxygen atoms in total. The molecular weight excluding hydrogens is 436 g/mol. The van der Waals surface area contributed by atoms with Gasteiger partial charge < -0.3 is 26.5 Å². The average molecular weight is 458 g/mol. The fourth-order valence-electron chi connectivity index (χ4n) is 4.03. The number of hydrogen-bond donors (Lipinski definition) is 5. The van der Waals surface area contributed by atoms with Gasteiger partial charge in [0.15, 0.2) is 0 Å². The first-order valence-electron chi connectivity index (χ1n) is 10.4. The Morgan fingerprint density at radius 1 is 1.09 bits per heavy atom. The first-order valence-corrected chi connectivity index (χ1v) is 10.4. The molecule has 2 heterocycles. The lowest BCUT2D eigenvalue weighted by molar-refractivity contribution is -0.120. The number of benzene rings is 2. The Labute approximate surface area is 194 Å². The minimum atomic E-state index is -1.06. The Balaban J connectivity index is 1.68. The third-order valence-electron chi connectivity index (χ3n) is 5.74. The summed E-state index contributed by atoms with van der Waals surface area (Å²) >= 11 is 0. The number of aromatic carboxylic acids is 1. The van der Waals surface area contributed by atoms with Crippen molar-refractivity contribution in [1.29, 1.82) is 0 Å². The van der Waals surface area contributed by atoms with Crippen LogP contribution in [-0.4, -0.2) is 33.8 Å². The van der Waals surface area contributed by atoms with Crippen molar-refractivity contribution in [3.63, 3.8) is 0 Å². The van der Waals surface area contributed by atoms with E-state index in [-0.39, 0.29) is 22.6 Å². The van der Waals surface area contributed by atoms with Gasteiger partial charge in [0.05, 0.1) is 11.1 Å². The van der Waals surface area contributed by atoms with E-state index in [1.807, 2.05) is 0 Å². The Bertz CT molecular complexity index is 1370. The number of nitrogens with two attached hydrogens (primary N) is 1. The molecule has 1 atom stereocenters. The number of anilines is 1. The Morgan fingerprint density at radius 3 is 2.41 bits per heavy atom. The third-order valence-corrected chi connectivity index (χ3v) is 5.74. The maximum absolute atomic E-state index is 12.9. The van der Waals surface area contributed by atoms with E-state index in [4.69, 9.17) is 5.73 Å². The number of aryl methyl sites for hydroxylation is 1. The van der Waals surface area contributed by atoms with E-state index < -0.39 is 23.8 Å². The first kappa shape index (κ1) is 22.5. The van der Waals surface area contributed by atoms with Crippen LogP contribution in [0.5, 0.6) is 0 Å². The molecule has 0 spiro atoms. The van der Waals surface area contributed by atoms with Crippen LogP contribution in [0.25, 0.3) is 11.6 Å². The molecule has 2 aromatic carbocycles. The number of aromatic nitrogens is 1. The number of primary amides is 1. The van der Waals surface area contributed by atoms with E-state index >= 15 is 0 Å². The summed E-state index contributed by atoms with van der Waals surface area (Å²) in [5, 5.41) is 14.8. The topological polar surface area (TPSA) is 154 Å². The highest BCUT2D eigenvalue weighted by molar-refractivity contribution is 6.35. The van der Waals surface area contributed by atoms with Crippen LogP contribution in [0.1, 0.15) is 54.8 Å². The van der Waals surface area contributed by atoms with Crippen LogP contribution in [0.3, 0.4) is 0 Å². The number of rotatable bonds is 6. The first-order chi connectivity index (χ1) is 16.2. The lowest BCUT2D eigenvalue weighted by Gasteiger charge is -2.16. The maximum atomic E-state index is 12.9. The summed E-state index contributed by atoms with van der Waals surface area (Å²) in [7, 11) is 0. The highest BCUT2D eigenvalue weighted by atomic mass is 16.4. The second kappa shape index (κ2) is 8.70. The number of carbonyl (C=O) groups excluding carboxylic acids is 3. The zero-order valence-corrected chi connectivity index (χ0v) is 18.4. The molecule has 34 heavy (non-hydrogen) atoms. The standard InChI is InChI=1S/C25H22N4O5/c1-12-19(27-13(2)20(12)25(33)34)11-17-16-10-15(8-9-18(16)28-24(17)32)23(31)29-21(22(26)30)14-6-4-3-5-7-14/h3-11,21,27H,1-2H3,(H2,26,30)(H,28,32)(H,29,31)(H,33,34)/b17-11-/t21-/m1/s1. The summed E-state index contributed by atoms with van der Waals surface area (Å²) in [6, 6.07) is 12.3. The average Bonchev–Trinajstić information content (AvgIpc) is 3.26. The van der Waals surface area contributed by atoms with Crippen molar-refractivity contribution in [2.45, 2.75) is 19.9 Å². The number of amides is 3. The van der Waals surface area contributed by atoms with Crippen molar-refractivity contribution >= 4 is 41.0 Å². The van der Waals surface area contributed by atoms with Gasteiger partial charge in [0.2, 0.25) is 5.91 Å². The molecule has 0 aliphatic carbocycles. The molecule has 0 saturated heterocycles. The zero-order valence-electron chi connectivity index (χ0n) is 18.4. The van der Waals surface area contributed by atoms with Gasteiger partial charge in [-0.3, -0.25) is 14.4 Å². The van der Waals surface area contributed by atoms with E-state index in [0.29, 0.717) is 33.8 Å². The van der Waals surface area contributed by atoms with Crippen LogP contribution >= 0.6 is 0 Å². The fraction of sp³-hybridized carbons (Fsp3) is 0.120. The molecule has 1 aliphatic rings. The lowest BCUT2D eigenvalue weighted by atomic mass is 10.0. The second-order valence-electron chi connectivity index (χ2n) is 7.96. The van der Waals surface area contributed by atoms with Crippen LogP contribution in [0.4, 0.5) is 5.69 Å². The minimum Gasteiger partial charge on any atom is -0.478 e. The van der Waals surface area contributed by atoms with Gasteiger partial charge in [-0.25, -0.2) is 4.79 Å². The number of fused-ring (bicyclic) bond motifs is 1. The number of carbonyl (C=O) groups is 4. The molecule has 3 aromatic rings. The van der Waals surface area contributed by atoms with Crippen molar-refractivity contribution in [1.82, 2.24) is 10.3 Å². The lowest BCUT2D eigenvalue weighted by Crippen LogP contribution is -2.37. The number of carboxylic acids is 1. The van der Waals surface area contributed by atoms with E-state index in [1.54, 1.807) is 62.4 Å². The quantitative estimate of drug-likeness (QED) is 0.359. The fourth-order valence-corrected chi connectivity index (χ4v) is 4.03. The van der Waals surface area contributed by atoms with E-state index in [2.05, 4.69) is 15.6 Å². The molecule has 172 valence electrons. The van der Waals surface area contributed by atoms with Gasteiger partial charge in [-0.1, -0.05) is 30.3 Å². The predicted molar refractivity (Wildman–Crippen MR) is 126 cm³/mol. The summed E-state index contributed by atoms with van der Waals surface area (Å²) in [6.45, 7) is 3.30. The van der Waals surface area contributed by atoms with Crippen molar-refractivity contribution in [3.8, 4) is 0 Å². The molecule has 0 fully saturated rings. The summed E-state index contributed by atoms with van der Waals surface area (Å²) < 4.78 is 0. The number of hydrogen-bond acceptors (Lipinski definition) is 4. The second-order valence-corrected chi connectivity index (χ2v) is 7.96. The van der Waals surface area contributed by atoms with Gasteiger partial charge in [-0.15, -0.1) is 0 Å². The largest absolute Gasteiger partial charge is 0.478 e. The van der Waals surface area contributed by atoms with E-state index in [1.165, 1.54) is 6.07 Å². The predicted octanol–water partition coefficient (Wildman–Crippen LogP) is 2.78. The molecule has 6 N–H and O–H groups in total. The SMILES string of the molecule is Cc1[nH]c(/C=C2\C(=O)Nc3ccc(C(=O)N[C@@H](C(N)=O)c4ccccc4)cc32)c(C)c1C(=O)O. The van der Waals surface area contributed by atoms with E-state index in [9.17, 15) is 24.3 Å². The van der Waals surface area contributed by atoms with Crippen LogP contribution in [0, 0.1) is 13.8 Å². The Morgan fingerprint density at radius 2 is 1.79 bits per heavy atom. The third kappa shape index (κ3) is 4.06. The maximum Gasteiger partial charge on any atom is 0.337 e. The smallest absolute Gasteiger partial charge is 0.337 e. The number of H-pyrrole nitrogens is 1. The van der Waals surface area contributed by atoms with Gasteiger partial charge in [-0.2, -0.15) is 0 Å². The summed E-state index contributed by atoms with van der Waals surface area (Å²) in [5.41, 5.74) is 9.17. The van der Waals surface area contributed by atoms with Gasteiger partial charge in [0, 0.05) is 28.2 Å². The molecule has 1 aromatic heterocycles. The van der Waals surface area contributed by atoms with Crippen LogP contribution < -0.4 is 16.4 Å². The number of carboxylic acid groups (broad SMARTS) is 1. The normalized spacial score (nSPS) is 14.4. The molecule has 1 aliphatic heterocycles. The Kier molecular flexibility index (Phi) is 5.77. The molecular formula is C25H22N4O5. The van der Waals surface area contributed by atoms with Crippen LogP contribution in [-0.2, 0) is 9.59 Å². The number of aromatic amines is 1. The minimum absolute atomic E-state index is 0.150. The monoisotopic (exact) mass is 458 g/mol. The van der Waals surface area contributed by atoms with Crippen molar-refractivity contribution in [2.75, 3.05) is 5.32 Å². The molecule has 4 rings (SSSR count). The highest BCUT2D eigenvalue weighted by Crippen LogP contribution is 2.35. The van der Waals surface area contributed by atoms with Crippen molar-refractivity contribution < 1.29 is 24.3 Å². The zero-order chi connectivity index (χ0) is 24.6. The molecule has 3 amide bonds. The van der Waals surface area contributed by atoms with Gasteiger partial charge in [0.1, 0.15) is 6.04 Å². The van der Waals surface area contributed by atoms with Crippen molar-refractivity contribution in [3.05, 3.63) is 87.7 Å². The molecule has 0 saturated carbocycles. The molecule has 0 radical (unpaired) electrons. The summed E-state index contributed by atoms with van der Waals surface area (Å²) in [6.07, 6.45) is 1.56. The number of nitrogens with one attached hydrogen (secondary N) is 3. The Hall–Kier alpha value is -4.66. The van der Waals surface area contributed by atoms with Gasteiger partial charge >= 0.3 is 5.97 Å². The van der Waals surface area contributed by atoms with Crippen LogP contribution in [0.2, 0.25) is 0 Å². The summed E-state index contributed by atoms with van der Waals surface area (Å²) in [5.74, 6) is -2.68.